The molecule has 0 bridgehead atoms. The number of hydrogen-bond acceptors (Lipinski definition) is 5. The Morgan fingerprint density at radius 1 is 1.24 bits per heavy atom. The van der Waals surface area contributed by atoms with E-state index >= 15 is 0 Å². The molecule has 2 rings (SSSR count). The van der Waals surface area contributed by atoms with Crippen LogP contribution in [0, 0.1) is 0 Å². The monoisotopic (exact) mass is 380 g/mol. The Kier molecular flexibility index (Phi) is 6.06. The van der Waals surface area contributed by atoms with Crippen LogP contribution in [0.25, 0.3) is 6.08 Å². The second kappa shape index (κ2) is 8.04. The van der Waals surface area contributed by atoms with Crippen LogP contribution < -0.4 is 10.5 Å². The molecule has 25 heavy (non-hydrogen) atoms. The molecule has 0 aliphatic heterocycles. The Labute approximate surface area is 151 Å². The van der Waals surface area contributed by atoms with E-state index in [4.69, 9.17) is 22.1 Å². The van der Waals surface area contributed by atoms with Gasteiger partial charge in [-0.25, -0.2) is 13.2 Å². The zero-order valence-electron chi connectivity index (χ0n) is 13.4. The first-order valence-electron chi connectivity index (χ1n) is 7.34. The summed E-state index contributed by atoms with van der Waals surface area (Å²) >= 11 is 5.80. The molecular weight excluding hydrogens is 364 g/mol. The minimum atomic E-state index is -3.92. The van der Waals surface area contributed by atoms with Gasteiger partial charge >= 0.3 is 5.97 Å². The third kappa shape index (κ3) is 5.23. The van der Waals surface area contributed by atoms with Gasteiger partial charge in [0.15, 0.2) is 0 Å². The maximum Gasteiger partial charge on any atom is 0.330 e. The summed E-state index contributed by atoms with van der Waals surface area (Å²) in [5.74, 6) is -0.562. The van der Waals surface area contributed by atoms with E-state index in [1.54, 1.807) is 37.3 Å². The molecule has 6 nitrogen and oxygen atoms in total. The third-order valence-corrected chi connectivity index (χ3v) is 4.80. The summed E-state index contributed by atoms with van der Waals surface area (Å²) in [5.41, 5.74) is 6.66. The van der Waals surface area contributed by atoms with Crippen LogP contribution in [0.2, 0.25) is 5.02 Å². The third-order valence-electron chi connectivity index (χ3n) is 3.11. The van der Waals surface area contributed by atoms with E-state index in [0.29, 0.717) is 16.3 Å². The minimum Gasteiger partial charge on any atom is -0.463 e. The largest absolute Gasteiger partial charge is 0.463 e. The van der Waals surface area contributed by atoms with Crippen LogP contribution in [0.5, 0.6) is 0 Å². The normalized spacial score (nSPS) is 11.4. The van der Waals surface area contributed by atoms with Gasteiger partial charge in [0.05, 0.1) is 11.5 Å². The lowest BCUT2D eigenvalue weighted by Crippen LogP contribution is -2.14. The number of benzene rings is 2. The van der Waals surface area contributed by atoms with Crippen LogP contribution in [0.3, 0.4) is 0 Å². The molecule has 0 atom stereocenters. The number of esters is 1. The summed E-state index contributed by atoms with van der Waals surface area (Å²) < 4.78 is 32.6. The number of nitrogen functional groups attached to an aromatic ring is 1. The molecule has 0 radical (unpaired) electrons. The van der Waals surface area contributed by atoms with E-state index in [-0.39, 0.29) is 17.2 Å². The number of carbonyl (C=O) groups is 1. The maximum absolute atomic E-state index is 12.7. The molecule has 0 aliphatic carbocycles. The Bertz CT molecular complexity index is 893. The van der Waals surface area contributed by atoms with Crippen molar-refractivity contribution in [1.29, 1.82) is 0 Å². The Hall–Kier alpha value is -2.51. The number of hydrogen-bond donors (Lipinski definition) is 2. The van der Waals surface area contributed by atoms with Crippen molar-refractivity contribution in [1.82, 2.24) is 0 Å². The average molecular weight is 381 g/mol. The van der Waals surface area contributed by atoms with Crippen molar-refractivity contribution in [3.8, 4) is 0 Å². The van der Waals surface area contributed by atoms with Gasteiger partial charge in [-0.2, -0.15) is 0 Å². The van der Waals surface area contributed by atoms with E-state index in [0.717, 1.165) is 6.08 Å². The minimum absolute atomic E-state index is 0.0528. The molecule has 0 heterocycles. The Morgan fingerprint density at radius 2 is 1.92 bits per heavy atom. The highest BCUT2D eigenvalue weighted by Crippen LogP contribution is 2.24. The van der Waals surface area contributed by atoms with Crippen molar-refractivity contribution >= 4 is 45.0 Å². The zero-order chi connectivity index (χ0) is 18.4. The van der Waals surface area contributed by atoms with E-state index in [1.807, 2.05) is 0 Å². The first-order chi connectivity index (χ1) is 11.8. The van der Waals surface area contributed by atoms with Gasteiger partial charge in [0.25, 0.3) is 10.0 Å². The standard InChI is InChI=1S/C17H17ClN2O4S/c1-2-24-17(21)10-4-12-3-7-14(19)11-16(12)25(22,23)20-15-8-5-13(18)6-9-15/h3-11,20H,2,19H2,1H3/b10-4+. The van der Waals surface area contributed by atoms with Crippen molar-refractivity contribution in [2.24, 2.45) is 0 Å². The maximum atomic E-state index is 12.7. The molecule has 3 N–H and O–H groups in total. The summed E-state index contributed by atoms with van der Waals surface area (Å²) in [4.78, 5) is 11.4. The van der Waals surface area contributed by atoms with Crippen molar-refractivity contribution in [2.45, 2.75) is 11.8 Å². The lowest BCUT2D eigenvalue weighted by molar-refractivity contribution is -0.137. The summed E-state index contributed by atoms with van der Waals surface area (Å²) in [5, 5.41) is 0.491. The number of halogens is 1. The van der Waals surface area contributed by atoms with E-state index in [1.165, 1.54) is 18.2 Å². The summed E-state index contributed by atoms with van der Waals surface area (Å²) in [6.45, 7) is 1.91. The second-order valence-corrected chi connectivity index (χ2v) is 7.08. The fourth-order valence-corrected chi connectivity index (χ4v) is 3.42. The number of carbonyl (C=O) groups excluding carboxylic acids is 1. The van der Waals surface area contributed by atoms with E-state index in [9.17, 15) is 13.2 Å². The van der Waals surface area contributed by atoms with Crippen LogP contribution in [0.15, 0.2) is 53.4 Å². The molecule has 0 unspecified atom stereocenters. The number of rotatable bonds is 6. The van der Waals surface area contributed by atoms with Crippen LogP contribution in [0.1, 0.15) is 12.5 Å². The summed E-state index contributed by atoms with van der Waals surface area (Å²) in [7, 11) is -3.92. The van der Waals surface area contributed by atoms with Gasteiger partial charge in [-0.1, -0.05) is 17.7 Å². The molecule has 0 aliphatic rings. The molecule has 0 saturated carbocycles. The second-order valence-electron chi connectivity index (χ2n) is 5.00. The van der Waals surface area contributed by atoms with Gasteiger partial charge in [-0.15, -0.1) is 0 Å². The van der Waals surface area contributed by atoms with Crippen molar-refractivity contribution < 1.29 is 17.9 Å². The Balaban J connectivity index is 2.37. The number of ether oxygens (including phenoxy) is 1. The highest BCUT2D eigenvalue weighted by molar-refractivity contribution is 7.92. The molecule has 0 amide bonds. The molecule has 132 valence electrons. The number of nitrogens with one attached hydrogen (secondary N) is 1. The van der Waals surface area contributed by atoms with Gasteiger partial charge in [0, 0.05) is 22.5 Å². The Morgan fingerprint density at radius 3 is 2.56 bits per heavy atom. The average Bonchev–Trinajstić information content (AvgIpc) is 2.56. The molecule has 0 spiro atoms. The van der Waals surface area contributed by atoms with Gasteiger partial charge < -0.3 is 10.5 Å². The fourth-order valence-electron chi connectivity index (χ4n) is 2.00. The molecule has 0 aromatic heterocycles. The highest BCUT2D eigenvalue weighted by atomic mass is 35.5. The lowest BCUT2D eigenvalue weighted by atomic mass is 10.2. The quantitative estimate of drug-likeness (QED) is 0.455. The van der Waals surface area contributed by atoms with Crippen molar-refractivity contribution in [3.63, 3.8) is 0 Å². The first-order valence-corrected chi connectivity index (χ1v) is 9.20. The highest BCUT2D eigenvalue weighted by Gasteiger charge is 2.18. The summed E-state index contributed by atoms with van der Waals surface area (Å²) in [6.07, 6.45) is 2.53. The molecular formula is C17H17ClN2O4S. The molecule has 0 saturated heterocycles. The summed E-state index contributed by atoms with van der Waals surface area (Å²) in [6, 6.07) is 10.6. The topological polar surface area (TPSA) is 98.5 Å². The number of sulfonamides is 1. The van der Waals surface area contributed by atoms with Gasteiger partial charge in [-0.3, -0.25) is 4.72 Å². The molecule has 0 fully saturated rings. The predicted octanol–water partition coefficient (Wildman–Crippen LogP) is 3.30. The number of anilines is 2. The smallest absolute Gasteiger partial charge is 0.330 e. The van der Waals surface area contributed by atoms with Gasteiger partial charge in [-0.05, 0) is 55.0 Å². The lowest BCUT2D eigenvalue weighted by Gasteiger charge is -2.11. The molecule has 2 aromatic carbocycles. The number of nitrogens with two attached hydrogens (primary N) is 1. The molecule has 2 aromatic rings. The van der Waals surface area contributed by atoms with Crippen LogP contribution >= 0.6 is 11.6 Å². The SMILES string of the molecule is CCOC(=O)/C=C/c1ccc(N)cc1S(=O)(=O)Nc1ccc(Cl)cc1. The molecule has 8 heteroatoms. The van der Waals surface area contributed by atoms with Crippen LogP contribution in [-0.4, -0.2) is 21.0 Å². The van der Waals surface area contributed by atoms with Crippen LogP contribution in [0.4, 0.5) is 11.4 Å². The van der Waals surface area contributed by atoms with Gasteiger partial charge in [0.1, 0.15) is 0 Å². The van der Waals surface area contributed by atoms with Crippen LogP contribution in [-0.2, 0) is 19.6 Å². The fraction of sp³-hybridized carbons (Fsp3) is 0.118. The van der Waals surface area contributed by atoms with Gasteiger partial charge in [0.2, 0.25) is 0 Å². The van der Waals surface area contributed by atoms with Crippen molar-refractivity contribution in [3.05, 3.63) is 59.1 Å². The van der Waals surface area contributed by atoms with E-state index < -0.39 is 16.0 Å². The first kappa shape index (κ1) is 18.8. The predicted molar refractivity (Wildman–Crippen MR) is 98.8 cm³/mol. The zero-order valence-corrected chi connectivity index (χ0v) is 15.0. The van der Waals surface area contributed by atoms with Crippen molar-refractivity contribution in [2.75, 3.05) is 17.1 Å². The van der Waals surface area contributed by atoms with E-state index in [2.05, 4.69) is 4.72 Å².